The van der Waals surface area contributed by atoms with Gasteiger partial charge >= 0.3 is 12.1 Å². The molecule has 1 amide bonds. The zero-order valence-electron chi connectivity index (χ0n) is 13.8. The fourth-order valence-electron chi connectivity index (χ4n) is 3.08. The Bertz CT molecular complexity index is 864. The van der Waals surface area contributed by atoms with Crippen LogP contribution in [0.5, 0.6) is 17.2 Å². The van der Waals surface area contributed by atoms with Gasteiger partial charge in [0.25, 0.3) is 0 Å². The Morgan fingerprint density at radius 3 is 2.46 bits per heavy atom. The molecule has 0 radical (unpaired) electrons. The summed E-state index contributed by atoms with van der Waals surface area (Å²) in [6.07, 6.45) is -4.79. The first-order valence-corrected chi connectivity index (χ1v) is 7.79. The predicted molar refractivity (Wildman–Crippen MR) is 86.9 cm³/mol. The minimum Gasteiger partial charge on any atom is -0.508 e. The van der Waals surface area contributed by atoms with Crippen molar-refractivity contribution in [2.45, 2.75) is 19.1 Å². The van der Waals surface area contributed by atoms with Gasteiger partial charge in [-0.05, 0) is 52.9 Å². The highest BCUT2D eigenvalue weighted by atomic mass is 19.4. The lowest BCUT2D eigenvalue weighted by molar-refractivity contribution is -0.186. The number of alkyl halides is 3. The monoisotopic (exact) mass is 367 g/mol. The molecule has 2 N–H and O–H groups in total. The van der Waals surface area contributed by atoms with E-state index in [1.54, 1.807) is 6.07 Å². The Morgan fingerprint density at radius 2 is 1.81 bits per heavy atom. The molecule has 0 saturated carbocycles. The van der Waals surface area contributed by atoms with Crippen molar-refractivity contribution in [2.24, 2.45) is 0 Å². The van der Waals surface area contributed by atoms with Crippen LogP contribution in [0.4, 0.5) is 13.2 Å². The van der Waals surface area contributed by atoms with Gasteiger partial charge in [0, 0.05) is 13.1 Å². The normalized spacial score (nSPS) is 14.1. The number of fused-ring (bicyclic) bond motifs is 3. The first kappa shape index (κ1) is 17.9. The number of ether oxygens (including phenoxy) is 1. The van der Waals surface area contributed by atoms with Gasteiger partial charge in [-0.1, -0.05) is 6.07 Å². The van der Waals surface area contributed by atoms with Gasteiger partial charge in [-0.15, -0.1) is 0 Å². The molecule has 0 saturated heterocycles. The average molecular weight is 367 g/mol. The number of phenols is 2. The lowest BCUT2D eigenvalue weighted by Crippen LogP contribution is -2.42. The maximum atomic E-state index is 12.9. The number of aromatic hydroxyl groups is 2. The van der Waals surface area contributed by atoms with Crippen LogP contribution in [-0.4, -0.2) is 40.9 Å². The SMILES string of the molecule is COc1cc2c(cc1O)CN(C(=O)C(F)(F)F)CCc1ccc(O)cc1-2. The molecule has 0 aliphatic carbocycles. The molecule has 1 heterocycles. The highest BCUT2D eigenvalue weighted by molar-refractivity contribution is 5.83. The number of carbonyl (C=O) groups excluding carboxylic acids is 1. The molecular weight excluding hydrogens is 351 g/mol. The molecule has 5 nitrogen and oxygen atoms in total. The van der Waals surface area contributed by atoms with Crippen molar-refractivity contribution in [3.05, 3.63) is 41.5 Å². The van der Waals surface area contributed by atoms with Crippen LogP contribution in [-0.2, 0) is 17.8 Å². The van der Waals surface area contributed by atoms with E-state index >= 15 is 0 Å². The predicted octanol–water partition coefficient (Wildman–Crippen LogP) is 3.22. The number of rotatable bonds is 1. The quantitative estimate of drug-likeness (QED) is 0.812. The van der Waals surface area contributed by atoms with E-state index in [1.807, 2.05) is 0 Å². The summed E-state index contributed by atoms with van der Waals surface area (Å²) in [6.45, 7) is -0.456. The molecule has 0 unspecified atom stereocenters. The van der Waals surface area contributed by atoms with Crippen LogP contribution in [0.1, 0.15) is 11.1 Å². The molecule has 0 spiro atoms. The largest absolute Gasteiger partial charge is 0.508 e. The van der Waals surface area contributed by atoms with Crippen LogP contribution in [0.15, 0.2) is 30.3 Å². The van der Waals surface area contributed by atoms with Crippen LogP contribution in [0.3, 0.4) is 0 Å². The Hall–Kier alpha value is -2.90. The number of benzene rings is 2. The molecule has 26 heavy (non-hydrogen) atoms. The van der Waals surface area contributed by atoms with Crippen LogP contribution in [0, 0.1) is 0 Å². The maximum Gasteiger partial charge on any atom is 0.471 e. The molecule has 8 heteroatoms. The Kier molecular flexibility index (Phi) is 4.43. The Labute approximate surface area is 147 Å². The highest BCUT2D eigenvalue weighted by Gasteiger charge is 2.42. The molecule has 0 aromatic heterocycles. The number of amides is 1. The zero-order valence-corrected chi connectivity index (χ0v) is 13.8. The lowest BCUT2D eigenvalue weighted by Gasteiger charge is -2.28. The van der Waals surface area contributed by atoms with Crippen molar-refractivity contribution in [3.63, 3.8) is 0 Å². The number of nitrogens with zero attached hydrogens (tertiary/aromatic N) is 1. The first-order chi connectivity index (χ1) is 12.2. The van der Waals surface area contributed by atoms with Crippen molar-refractivity contribution in [3.8, 4) is 28.4 Å². The third-order valence-corrected chi connectivity index (χ3v) is 4.33. The van der Waals surface area contributed by atoms with Gasteiger partial charge in [0.1, 0.15) is 5.75 Å². The standard InChI is InChI=1S/C18H16F3NO4/c1-26-16-8-14-11(6-15(16)24)9-22(17(25)18(19,20)21)5-4-10-2-3-12(23)7-13(10)14/h2-3,6-8,23-24H,4-5,9H2,1H3. The number of hydrogen-bond donors (Lipinski definition) is 2. The number of phenolic OH excluding ortho intramolecular Hbond substituents is 2. The summed E-state index contributed by atoms with van der Waals surface area (Å²) < 4.78 is 43.8. The van der Waals surface area contributed by atoms with Crippen molar-refractivity contribution in [2.75, 3.05) is 13.7 Å². The van der Waals surface area contributed by atoms with Gasteiger partial charge in [-0.3, -0.25) is 4.79 Å². The third-order valence-electron chi connectivity index (χ3n) is 4.33. The number of methoxy groups -OCH3 is 1. The van der Waals surface area contributed by atoms with E-state index in [2.05, 4.69) is 0 Å². The molecule has 2 aromatic rings. The van der Waals surface area contributed by atoms with E-state index < -0.39 is 12.1 Å². The molecule has 0 atom stereocenters. The summed E-state index contributed by atoms with van der Waals surface area (Å²) in [4.78, 5) is 12.5. The minimum atomic E-state index is -4.98. The van der Waals surface area contributed by atoms with Gasteiger partial charge in [-0.25, -0.2) is 0 Å². The van der Waals surface area contributed by atoms with Gasteiger partial charge in [0.05, 0.1) is 7.11 Å². The summed E-state index contributed by atoms with van der Waals surface area (Å²) >= 11 is 0. The van der Waals surface area contributed by atoms with Crippen LogP contribution in [0.25, 0.3) is 11.1 Å². The Morgan fingerprint density at radius 1 is 1.12 bits per heavy atom. The van der Waals surface area contributed by atoms with Gasteiger partial charge < -0.3 is 19.8 Å². The van der Waals surface area contributed by atoms with E-state index in [-0.39, 0.29) is 36.8 Å². The van der Waals surface area contributed by atoms with E-state index in [4.69, 9.17) is 4.74 Å². The molecular formula is C18H16F3NO4. The second-order valence-electron chi connectivity index (χ2n) is 6.00. The summed E-state index contributed by atoms with van der Waals surface area (Å²) in [5.41, 5.74) is 2.12. The highest BCUT2D eigenvalue weighted by Crippen LogP contribution is 2.39. The molecule has 138 valence electrons. The summed E-state index contributed by atoms with van der Waals surface area (Å²) in [7, 11) is 1.35. The number of halogens is 3. The number of hydrogen-bond acceptors (Lipinski definition) is 4. The smallest absolute Gasteiger partial charge is 0.471 e. The topological polar surface area (TPSA) is 70.0 Å². The van der Waals surface area contributed by atoms with Crippen LogP contribution >= 0.6 is 0 Å². The Balaban J connectivity index is 2.17. The summed E-state index contributed by atoms with van der Waals surface area (Å²) in [6, 6.07) is 7.32. The number of carbonyl (C=O) groups is 1. The second-order valence-corrected chi connectivity index (χ2v) is 6.00. The third kappa shape index (κ3) is 3.26. The van der Waals surface area contributed by atoms with Crippen LogP contribution < -0.4 is 4.74 Å². The van der Waals surface area contributed by atoms with E-state index in [1.165, 1.54) is 31.4 Å². The minimum absolute atomic E-state index is 0.00513. The fraction of sp³-hybridized carbons (Fsp3) is 0.278. The van der Waals surface area contributed by atoms with Crippen molar-refractivity contribution < 1.29 is 32.9 Å². The molecule has 0 bridgehead atoms. The van der Waals surface area contributed by atoms with E-state index in [9.17, 15) is 28.2 Å². The van der Waals surface area contributed by atoms with Crippen molar-refractivity contribution >= 4 is 5.91 Å². The first-order valence-electron chi connectivity index (χ1n) is 7.79. The second kappa shape index (κ2) is 6.44. The van der Waals surface area contributed by atoms with E-state index in [0.717, 1.165) is 0 Å². The molecule has 3 rings (SSSR count). The van der Waals surface area contributed by atoms with Gasteiger partial charge in [0.15, 0.2) is 11.5 Å². The van der Waals surface area contributed by atoms with Gasteiger partial charge in [0.2, 0.25) is 0 Å². The molecule has 2 aromatic carbocycles. The fourth-order valence-corrected chi connectivity index (χ4v) is 3.08. The van der Waals surface area contributed by atoms with Crippen molar-refractivity contribution in [1.82, 2.24) is 4.90 Å². The van der Waals surface area contributed by atoms with Gasteiger partial charge in [-0.2, -0.15) is 13.2 Å². The molecule has 0 fully saturated rings. The maximum absolute atomic E-state index is 12.9. The summed E-state index contributed by atoms with van der Waals surface area (Å²) in [5, 5.41) is 19.8. The lowest BCUT2D eigenvalue weighted by atomic mass is 9.91. The molecule has 1 aliphatic rings. The van der Waals surface area contributed by atoms with E-state index in [0.29, 0.717) is 27.2 Å². The average Bonchev–Trinajstić information content (AvgIpc) is 2.56. The molecule has 1 aliphatic heterocycles. The summed E-state index contributed by atoms with van der Waals surface area (Å²) in [5.74, 6) is -2.02. The zero-order chi connectivity index (χ0) is 19.1. The van der Waals surface area contributed by atoms with Crippen LogP contribution in [0.2, 0.25) is 0 Å². The van der Waals surface area contributed by atoms with Crippen molar-refractivity contribution in [1.29, 1.82) is 0 Å².